The van der Waals surface area contributed by atoms with Crippen LogP contribution in [0, 0.1) is 0 Å². The Labute approximate surface area is 164 Å². The summed E-state index contributed by atoms with van der Waals surface area (Å²) in [5.74, 6) is 2.12. The highest BCUT2D eigenvalue weighted by atomic mass is 16.5. The van der Waals surface area contributed by atoms with E-state index in [-0.39, 0.29) is 12.1 Å². The van der Waals surface area contributed by atoms with Crippen LogP contribution in [-0.2, 0) is 11.3 Å². The van der Waals surface area contributed by atoms with Crippen LogP contribution in [0.1, 0.15) is 17.4 Å². The van der Waals surface area contributed by atoms with E-state index in [1.54, 1.807) is 20.5 Å². The number of amides is 2. The highest BCUT2D eigenvalue weighted by molar-refractivity contribution is 5.73. The monoisotopic (exact) mass is 389 g/mol. The van der Waals surface area contributed by atoms with Gasteiger partial charge in [-0.2, -0.15) is 0 Å². The van der Waals surface area contributed by atoms with Crippen LogP contribution in [0.15, 0.2) is 41.0 Å². The second kappa shape index (κ2) is 10.0. The molecular formula is C20H27N3O5. The molecule has 1 aliphatic rings. The molecule has 0 spiro atoms. The number of methoxy groups -OCH3 is 2. The van der Waals surface area contributed by atoms with E-state index in [2.05, 4.69) is 15.5 Å². The second-order valence-electron chi connectivity index (χ2n) is 6.43. The third-order valence-corrected chi connectivity index (χ3v) is 4.72. The fraction of sp³-hybridized carbons (Fsp3) is 0.450. The van der Waals surface area contributed by atoms with Crippen LogP contribution in [0.3, 0.4) is 0 Å². The van der Waals surface area contributed by atoms with Crippen LogP contribution in [0.25, 0.3) is 0 Å². The largest absolute Gasteiger partial charge is 0.493 e. The van der Waals surface area contributed by atoms with E-state index >= 15 is 0 Å². The van der Waals surface area contributed by atoms with Crippen LogP contribution in [0.2, 0.25) is 0 Å². The lowest BCUT2D eigenvalue weighted by Gasteiger charge is -2.33. The second-order valence-corrected chi connectivity index (χ2v) is 6.43. The molecular weight excluding hydrogens is 362 g/mol. The number of hydrogen-bond acceptors (Lipinski definition) is 6. The third kappa shape index (κ3) is 5.17. The van der Waals surface area contributed by atoms with E-state index in [9.17, 15) is 4.79 Å². The van der Waals surface area contributed by atoms with Crippen molar-refractivity contribution >= 4 is 6.03 Å². The van der Waals surface area contributed by atoms with E-state index in [0.29, 0.717) is 37.8 Å². The van der Waals surface area contributed by atoms with Gasteiger partial charge in [0.15, 0.2) is 11.5 Å². The van der Waals surface area contributed by atoms with E-state index < -0.39 is 0 Å². The van der Waals surface area contributed by atoms with Gasteiger partial charge in [-0.15, -0.1) is 0 Å². The van der Waals surface area contributed by atoms with Gasteiger partial charge in [-0.05, 0) is 29.8 Å². The molecule has 0 bridgehead atoms. The van der Waals surface area contributed by atoms with E-state index in [1.807, 2.05) is 30.3 Å². The summed E-state index contributed by atoms with van der Waals surface area (Å²) in [7, 11) is 3.18. The van der Waals surface area contributed by atoms with Gasteiger partial charge in [-0.3, -0.25) is 4.90 Å². The molecule has 0 aliphatic carbocycles. The number of carbonyl (C=O) groups is 1. The quantitative estimate of drug-likeness (QED) is 0.720. The first-order chi connectivity index (χ1) is 13.7. The van der Waals surface area contributed by atoms with Gasteiger partial charge >= 0.3 is 6.03 Å². The maximum atomic E-state index is 12.3. The fourth-order valence-electron chi connectivity index (χ4n) is 3.20. The van der Waals surface area contributed by atoms with Crippen LogP contribution in [-0.4, -0.2) is 58.0 Å². The van der Waals surface area contributed by atoms with Crippen molar-refractivity contribution in [3.8, 4) is 11.5 Å². The lowest BCUT2D eigenvalue weighted by atomic mass is 10.1. The van der Waals surface area contributed by atoms with Crippen LogP contribution in [0.5, 0.6) is 11.5 Å². The Kier molecular flexibility index (Phi) is 7.16. The zero-order valence-electron chi connectivity index (χ0n) is 16.3. The van der Waals surface area contributed by atoms with Crippen molar-refractivity contribution in [3.05, 3.63) is 47.9 Å². The molecule has 152 valence electrons. The summed E-state index contributed by atoms with van der Waals surface area (Å²) in [4.78, 5) is 14.6. The maximum Gasteiger partial charge on any atom is 0.315 e. The smallest absolute Gasteiger partial charge is 0.315 e. The Balaban J connectivity index is 1.53. The predicted molar refractivity (Wildman–Crippen MR) is 104 cm³/mol. The molecule has 1 aromatic carbocycles. The molecule has 3 rings (SSSR count). The first-order valence-electron chi connectivity index (χ1n) is 9.29. The number of hydrogen-bond donors (Lipinski definition) is 2. The normalized spacial score (nSPS) is 15.6. The lowest BCUT2D eigenvalue weighted by molar-refractivity contribution is 0.0123. The molecule has 2 aromatic rings. The summed E-state index contributed by atoms with van der Waals surface area (Å²) in [6.45, 7) is 3.81. The molecule has 1 aliphatic heterocycles. The van der Waals surface area contributed by atoms with E-state index in [4.69, 9.17) is 18.6 Å². The number of rotatable bonds is 8. The summed E-state index contributed by atoms with van der Waals surface area (Å²) in [5.41, 5.74) is 0.920. The molecule has 2 N–H and O–H groups in total. The Bertz CT molecular complexity index is 744. The average molecular weight is 389 g/mol. The van der Waals surface area contributed by atoms with Crippen LogP contribution < -0.4 is 20.1 Å². The molecule has 2 amide bonds. The molecule has 8 heteroatoms. The number of nitrogens with zero attached hydrogens (tertiary/aromatic N) is 1. The highest BCUT2D eigenvalue weighted by Crippen LogP contribution is 2.27. The Morgan fingerprint density at radius 2 is 1.93 bits per heavy atom. The molecule has 1 unspecified atom stereocenters. The van der Waals surface area contributed by atoms with Crippen molar-refractivity contribution in [2.75, 3.05) is 47.1 Å². The number of urea groups is 1. The third-order valence-electron chi connectivity index (χ3n) is 4.72. The van der Waals surface area contributed by atoms with Crippen molar-refractivity contribution in [1.82, 2.24) is 15.5 Å². The minimum atomic E-state index is -0.236. The Morgan fingerprint density at radius 3 is 2.61 bits per heavy atom. The van der Waals surface area contributed by atoms with E-state index in [1.165, 1.54) is 0 Å². The molecule has 1 fully saturated rings. The van der Waals surface area contributed by atoms with Crippen molar-refractivity contribution in [2.45, 2.75) is 12.6 Å². The van der Waals surface area contributed by atoms with Gasteiger partial charge in [0, 0.05) is 26.2 Å². The summed E-state index contributed by atoms with van der Waals surface area (Å²) >= 11 is 0. The van der Waals surface area contributed by atoms with Crippen LogP contribution >= 0.6 is 0 Å². The van der Waals surface area contributed by atoms with Gasteiger partial charge in [0.25, 0.3) is 0 Å². The number of carbonyl (C=O) groups excluding carboxylic acids is 1. The minimum Gasteiger partial charge on any atom is -0.493 e. The molecule has 1 aromatic heterocycles. The maximum absolute atomic E-state index is 12.3. The van der Waals surface area contributed by atoms with Gasteiger partial charge in [-0.1, -0.05) is 6.07 Å². The van der Waals surface area contributed by atoms with Crippen LogP contribution in [0.4, 0.5) is 4.79 Å². The number of ether oxygens (including phenoxy) is 3. The number of benzene rings is 1. The van der Waals surface area contributed by atoms with Gasteiger partial charge in [-0.25, -0.2) is 4.79 Å². The van der Waals surface area contributed by atoms with Gasteiger partial charge in [0.2, 0.25) is 0 Å². The van der Waals surface area contributed by atoms with Gasteiger partial charge in [0.1, 0.15) is 5.76 Å². The summed E-state index contributed by atoms with van der Waals surface area (Å²) in [5, 5.41) is 5.81. The summed E-state index contributed by atoms with van der Waals surface area (Å²) in [6.07, 6.45) is 1.65. The zero-order valence-corrected chi connectivity index (χ0v) is 16.3. The molecule has 1 atom stereocenters. The number of furan rings is 1. The highest BCUT2D eigenvalue weighted by Gasteiger charge is 2.25. The first kappa shape index (κ1) is 20.0. The van der Waals surface area contributed by atoms with Crippen molar-refractivity contribution < 1.29 is 23.4 Å². The summed E-state index contributed by atoms with van der Waals surface area (Å²) in [6, 6.07) is 9.09. The first-order valence-corrected chi connectivity index (χ1v) is 9.29. The SMILES string of the molecule is COc1ccc(CNC(=O)NCC(c2ccco2)N2CCOCC2)cc1OC. The van der Waals surface area contributed by atoms with Crippen molar-refractivity contribution in [3.63, 3.8) is 0 Å². The minimum absolute atomic E-state index is 0.0225. The summed E-state index contributed by atoms with van der Waals surface area (Å²) < 4.78 is 21.5. The molecule has 28 heavy (non-hydrogen) atoms. The van der Waals surface area contributed by atoms with E-state index in [0.717, 1.165) is 24.4 Å². The Hall–Kier alpha value is -2.71. The standard InChI is InChI=1S/C20H27N3O5/c1-25-18-6-5-15(12-19(18)26-2)13-21-20(24)22-14-16(17-4-3-9-28-17)23-7-10-27-11-8-23/h3-6,9,12,16H,7-8,10-11,13-14H2,1-2H3,(H2,21,22,24). The molecule has 8 nitrogen and oxygen atoms in total. The average Bonchev–Trinajstić information content (AvgIpc) is 3.27. The lowest BCUT2D eigenvalue weighted by Crippen LogP contribution is -2.45. The zero-order chi connectivity index (χ0) is 19.8. The fourth-order valence-corrected chi connectivity index (χ4v) is 3.20. The predicted octanol–water partition coefficient (Wildman–Crippen LogP) is 2.17. The molecule has 0 saturated carbocycles. The molecule has 2 heterocycles. The number of nitrogens with one attached hydrogen (secondary N) is 2. The molecule has 1 saturated heterocycles. The number of morpholine rings is 1. The topological polar surface area (TPSA) is 85.2 Å². The van der Waals surface area contributed by atoms with Gasteiger partial charge in [0.05, 0.1) is 39.7 Å². The Morgan fingerprint density at radius 1 is 1.14 bits per heavy atom. The molecule has 0 radical (unpaired) electrons. The van der Waals surface area contributed by atoms with Crippen molar-refractivity contribution in [1.29, 1.82) is 0 Å². The van der Waals surface area contributed by atoms with Crippen molar-refractivity contribution in [2.24, 2.45) is 0 Å². The van der Waals surface area contributed by atoms with Gasteiger partial charge < -0.3 is 29.3 Å².